The molecule has 0 saturated carbocycles. The van der Waals surface area contributed by atoms with Crippen molar-refractivity contribution >= 4 is 23.7 Å². The van der Waals surface area contributed by atoms with Gasteiger partial charge in [-0.2, -0.15) is 0 Å². The molecule has 12 heteroatoms. The van der Waals surface area contributed by atoms with Gasteiger partial charge in [-0.15, -0.1) is 5.06 Å². The lowest BCUT2D eigenvalue weighted by Gasteiger charge is -2.36. The number of benzene rings is 2. The van der Waals surface area contributed by atoms with E-state index in [4.69, 9.17) is 31.0 Å². The van der Waals surface area contributed by atoms with Crippen molar-refractivity contribution in [2.24, 2.45) is 7.05 Å². The fourth-order valence-corrected chi connectivity index (χ4v) is 4.01. The van der Waals surface area contributed by atoms with E-state index in [0.717, 1.165) is 6.07 Å². The van der Waals surface area contributed by atoms with Gasteiger partial charge in [-0.1, -0.05) is 17.7 Å². The molecule has 0 unspecified atom stereocenters. The Morgan fingerprint density at radius 3 is 2.74 bits per heavy atom. The van der Waals surface area contributed by atoms with Gasteiger partial charge in [0.05, 0.1) is 18.2 Å². The zero-order valence-electron chi connectivity index (χ0n) is 18.4. The Bertz CT molecular complexity index is 1270. The first-order valence-corrected chi connectivity index (χ1v) is 10.8. The summed E-state index contributed by atoms with van der Waals surface area (Å²) >= 11 is 6.19. The topological polar surface area (TPSA) is 103 Å². The van der Waals surface area contributed by atoms with Crippen LogP contribution in [0.4, 0.5) is 13.6 Å². The van der Waals surface area contributed by atoms with Gasteiger partial charge < -0.3 is 24.0 Å². The molecule has 0 spiro atoms. The van der Waals surface area contributed by atoms with Gasteiger partial charge in [-0.05, 0) is 41.8 Å². The van der Waals surface area contributed by atoms with Gasteiger partial charge in [0.2, 0.25) is 0 Å². The second kappa shape index (κ2) is 10.3. The number of fused-ring (bicyclic) bond motifs is 1. The number of ether oxygens (including phenoxy) is 2. The van der Waals surface area contributed by atoms with Crippen molar-refractivity contribution in [2.75, 3.05) is 13.2 Å². The number of aromatic nitrogens is 2. The van der Waals surface area contributed by atoms with Crippen molar-refractivity contribution in [2.45, 2.75) is 19.1 Å². The Morgan fingerprint density at radius 1 is 1.23 bits per heavy atom. The molecule has 2 aromatic carbocycles. The summed E-state index contributed by atoms with van der Waals surface area (Å²) in [4.78, 5) is 33.0. The van der Waals surface area contributed by atoms with Crippen LogP contribution in [0, 0.1) is 11.6 Å². The summed E-state index contributed by atoms with van der Waals surface area (Å²) in [5.74, 6) is -3.12. The molecule has 4 rings (SSSR count). The average molecular weight is 508 g/mol. The zero-order valence-corrected chi connectivity index (χ0v) is 19.2. The minimum absolute atomic E-state index is 0.0102. The fraction of sp³-hybridized carbons (Fsp3) is 0.261. The van der Waals surface area contributed by atoms with E-state index < -0.39 is 36.4 Å². The third-order valence-corrected chi connectivity index (χ3v) is 5.70. The number of hydroxylamine groups is 2. The van der Waals surface area contributed by atoms with Crippen LogP contribution in [-0.2, 0) is 34.4 Å². The van der Waals surface area contributed by atoms with E-state index in [0.29, 0.717) is 16.8 Å². The lowest BCUT2D eigenvalue weighted by atomic mass is 9.88. The monoisotopic (exact) mass is 507 g/mol. The van der Waals surface area contributed by atoms with Crippen LogP contribution in [0.15, 0.2) is 42.9 Å². The molecular formula is C23H20ClF2N3O6. The van der Waals surface area contributed by atoms with Crippen molar-refractivity contribution < 1.29 is 37.8 Å². The summed E-state index contributed by atoms with van der Waals surface area (Å²) in [6.45, 7) is -0.766. The normalized spacial score (nSPS) is 15.4. The molecule has 1 atom stereocenters. The van der Waals surface area contributed by atoms with Gasteiger partial charge in [0.1, 0.15) is 18.4 Å². The number of carboxylic acid groups (broad SMARTS) is 1. The van der Waals surface area contributed by atoms with Gasteiger partial charge in [-0.25, -0.2) is 23.4 Å². The zero-order chi connectivity index (χ0) is 25.1. The number of hydrogen-bond acceptors (Lipinski definition) is 7. The molecule has 0 bridgehead atoms. The van der Waals surface area contributed by atoms with Crippen LogP contribution >= 0.6 is 11.6 Å². The molecule has 0 amide bonds. The number of aryl methyl sites for hydroxylation is 1. The van der Waals surface area contributed by atoms with E-state index >= 15 is 0 Å². The average Bonchev–Trinajstić information content (AvgIpc) is 3.23. The van der Waals surface area contributed by atoms with Crippen molar-refractivity contribution in [3.63, 3.8) is 0 Å². The lowest BCUT2D eigenvalue weighted by molar-refractivity contribution is -0.153. The number of carbonyl (C=O) groups is 2. The molecular weight excluding hydrogens is 488 g/mol. The third kappa shape index (κ3) is 5.36. The largest absolute Gasteiger partial charge is 0.528 e. The van der Waals surface area contributed by atoms with Crippen LogP contribution in [0.25, 0.3) is 0 Å². The predicted octanol–water partition coefficient (Wildman–Crippen LogP) is 4.03. The van der Waals surface area contributed by atoms with E-state index in [1.807, 2.05) is 0 Å². The smallest absolute Gasteiger partial charge is 0.482 e. The molecule has 0 radical (unpaired) electrons. The van der Waals surface area contributed by atoms with Gasteiger partial charge in [0.25, 0.3) is 0 Å². The Hall–Kier alpha value is -3.70. The highest BCUT2D eigenvalue weighted by Crippen LogP contribution is 2.41. The van der Waals surface area contributed by atoms with Crippen molar-refractivity contribution in [3.05, 3.63) is 81.9 Å². The number of carbonyl (C=O) groups excluding carboxylic acids is 1. The summed E-state index contributed by atoms with van der Waals surface area (Å²) in [7, 11) is 1.74. The van der Waals surface area contributed by atoms with Gasteiger partial charge in [0, 0.05) is 24.2 Å². The maximum atomic E-state index is 14.6. The van der Waals surface area contributed by atoms with E-state index in [1.54, 1.807) is 17.9 Å². The Kier molecular flexibility index (Phi) is 7.17. The summed E-state index contributed by atoms with van der Waals surface area (Å²) in [6, 6.07) is 5.78. The molecule has 3 aromatic rings. The lowest BCUT2D eigenvalue weighted by Crippen LogP contribution is -2.39. The molecule has 1 aromatic heterocycles. The van der Waals surface area contributed by atoms with Gasteiger partial charge in [0.15, 0.2) is 18.2 Å². The van der Waals surface area contributed by atoms with Gasteiger partial charge >= 0.3 is 12.1 Å². The first kappa shape index (κ1) is 24.4. The van der Waals surface area contributed by atoms with Crippen LogP contribution in [-0.4, -0.2) is 45.0 Å². The number of rotatable bonds is 7. The van der Waals surface area contributed by atoms with E-state index in [1.165, 1.54) is 35.5 Å². The SMILES string of the molecule is Cn1cncc1COC(=O)ON1CCc2c(ccc(F)c2F)[C@H]1c1cc(Cl)ccc1OCC(=O)O. The highest BCUT2D eigenvalue weighted by Gasteiger charge is 2.36. The molecule has 184 valence electrons. The second-order valence-electron chi connectivity index (χ2n) is 7.71. The minimum Gasteiger partial charge on any atom is -0.482 e. The van der Waals surface area contributed by atoms with Crippen LogP contribution in [0.5, 0.6) is 5.75 Å². The predicted molar refractivity (Wildman–Crippen MR) is 118 cm³/mol. The molecule has 1 aliphatic heterocycles. The highest BCUT2D eigenvalue weighted by molar-refractivity contribution is 6.30. The number of aliphatic carboxylic acids is 1. The molecule has 9 nitrogen and oxygen atoms in total. The molecule has 0 aliphatic carbocycles. The summed E-state index contributed by atoms with van der Waals surface area (Å²) in [5.41, 5.74) is 1.32. The van der Waals surface area contributed by atoms with Crippen molar-refractivity contribution in [1.29, 1.82) is 0 Å². The van der Waals surface area contributed by atoms with E-state index in [9.17, 15) is 18.4 Å². The molecule has 1 N–H and O–H groups in total. The first-order valence-electron chi connectivity index (χ1n) is 10.4. The van der Waals surface area contributed by atoms with Gasteiger partial charge in [-0.3, -0.25) is 0 Å². The van der Waals surface area contributed by atoms with E-state index in [-0.39, 0.29) is 35.9 Å². The van der Waals surface area contributed by atoms with Crippen molar-refractivity contribution in [1.82, 2.24) is 14.6 Å². The molecule has 2 heterocycles. The summed E-state index contributed by atoms with van der Waals surface area (Å²) in [5, 5.41) is 10.6. The molecule has 0 fully saturated rings. The quantitative estimate of drug-likeness (QED) is 0.478. The molecule has 35 heavy (non-hydrogen) atoms. The number of nitrogens with zero attached hydrogens (tertiary/aromatic N) is 3. The molecule has 1 aliphatic rings. The minimum atomic E-state index is -1.21. The first-order chi connectivity index (χ1) is 16.7. The number of imidazole rings is 1. The van der Waals surface area contributed by atoms with Crippen LogP contribution in [0.2, 0.25) is 5.02 Å². The summed E-state index contributed by atoms with van der Waals surface area (Å²) in [6.07, 6.45) is 2.09. The Labute approximate surface area is 203 Å². The molecule has 0 saturated heterocycles. The Balaban J connectivity index is 1.68. The third-order valence-electron chi connectivity index (χ3n) is 5.46. The maximum absolute atomic E-state index is 14.6. The fourth-order valence-electron chi connectivity index (χ4n) is 3.83. The van der Waals surface area contributed by atoms with E-state index in [2.05, 4.69) is 4.98 Å². The number of hydrogen-bond donors (Lipinski definition) is 1. The van der Waals surface area contributed by atoms with Crippen LogP contribution in [0.1, 0.15) is 28.4 Å². The second-order valence-corrected chi connectivity index (χ2v) is 8.15. The maximum Gasteiger partial charge on any atom is 0.528 e. The summed E-state index contributed by atoms with van der Waals surface area (Å²) < 4.78 is 40.9. The Morgan fingerprint density at radius 2 is 2.03 bits per heavy atom. The van der Waals surface area contributed by atoms with Crippen LogP contribution < -0.4 is 4.74 Å². The van der Waals surface area contributed by atoms with Crippen molar-refractivity contribution in [3.8, 4) is 5.75 Å². The number of halogens is 3. The number of carboxylic acids is 1. The highest BCUT2D eigenvalue weighted by atomic mass is 35.5. The van der Waals surface area contributed by atoms with Crippen LogP contribution in [0.3, 0.4) is 0 Å². The standard InChI is InChI=1S/C23H20ClF2N3O6/c1-28-12-27-9-14(28)10-34-23(32)35-29-7-6-15-16(3-4-18(25)21(15)26)22(29)17-8-13(24)2-5-19(17)33-11-20(30)31/h2-5,8-9,12,22H,6-7,10-11H2,1H3,(H,30,31)/t22-/m0/s1.